The van der Waals surface area contributed by atoms with Gasteiger partial charge in [-0.2, -0.15) is 0 Å². The highest BCUT2D eigenvalue weighted by Crippen LogP contribution is 2.30. The summed E-state index contributed by atoms with van der Waals surface area (Å²) in [5.74, 6) is 0.983. The first kappa shape index (κ1) is 18.3. The molecule has 0 heterocycles. The van der Waals surface area contributed by atoms with Gasteiger partial charge in [0, 0.05) is 11.6 Å². The fourth-order valence-electron chi connectivity index (χ4n) is 2.71. The molecule has 27 heavy (non-hydrogen) atoms. The fraction of sp³-hybridized carbons (Fsp3) is 0.0870. The van der Waals surface area contributed by atoms with E-state index in [4.69, 9.17) is 9.47 Å². The Bertz CT molecular complexity index is 934. The van der Waals surface area contributed by atoms with Crippen molar-refractivity contribution in [2.45, 2.75) is 0 Å². The molecule has 0 bridgehead atoms. The van der Waals surface area contributed by atoms with E-state index in [2.05, 4.69) is 5.32 Å². The predicted molar refractivity (Wildman–Crippen MR) is 109 cm³/mol. The number of nitrogens with one attached hydrogen (secondary N) is 1. The van der Waals surface area contributed by atoms with Crippen molar-refractivity contribution in [2.75, 3.05) is 19.5 Å². The number of hydrogen-bond donors (Lipinski definition) is 1. The van der Waals surface area contributed by atoms with Crippen molar-refractivity contribution in [1.82, 2.24) is 0 Å². The lowest BCUT2D eigenvalue weighted by Crippen LogP contribution is -2.14. The fourth-order valence-corrected chi connectivity index (χ4v) is 2.71. The summed E-state index contributed by atoms with van der Waals surface area (Å²) in [5.41, 5.74) is 2.94. The van der Waals surface area contributed by atoms with Crippen molar-refractivity contribution in [2.24, 2.45) is 0 Å². The van der Waals surface area contributed by atoms with E-state index >= 15 is 0 Å². The summed E-state index contributed by atoms with van der Waals surface area (Å²) in [6, 6.07) is 24.6. The third-order valence-electron chi connectivity index (χ3n) is 4.10. The topological polar surface area (TPSA) is 47.6 Å². The van der Waals surface area contributed by atoms with Gasteiger partial charge in [0.2, 0.25) is 0 Å². The third-order valence-corrected chi connectivity index (χ3v) is 4.10. The minimum Gasteiger partial charge on any atom is -0.497 e. The molecule has 0 fully saturated rings. The van der Waals surface area contributed by atoms with E-state index in [-0.39, 0.29) is 5.91 Å². The SMILES string of the molecule is COc1ccc(NC(=O)/C(=C\c2ccccc2)c2ccccc2)c(OC)c1. The molecule has 3 aromatic rings. The molecule has 0 aliphatic heterocycles. The summed E-state index contributed by atoms with van der Waals surface area (Å²) in [5, 5.41) is 2.94. The van der Waals surface area contributed by atoms with E-state index in [1.807, 2.05) is 66.7 Å². The van der Waals surface area contributed by atoms with Crippen LogP contribution in [0.4, 0.5) is 5.69 Å². The van der Waals surface area contributed by atoms with Crippen LogP contribution in [-0.2, 0) is 4.79 Å². The Morgan fingerprint density at radius 2 is 1.52 bits per heavy atom. The lowest BCUT2D eigenvalue weighted by Gasteiger charge is -2.13. The molecule has 0 saturated heterocycles. The minimum absolute atomic E-state index is 0.214. The second-order valence-electron chi connectivity index (χ2n) is 5.86. The van der Waals surface area contributed by atoms with Gasteiger partial charge in [-0.3, -0.25) is 4.79 Å². The Kier molecular flexibility index (Phi) is 5.90. The molecule has 1 amide bonds. The highest BCUT2D eigenvalue weighted by atomic mass is 16.5. The molecule has 4 nitrogen and oxygen atoms in total. The lowest BCUT2D eigenvalue weighted by atomic mass is 10.0. The molecule has 1 N–H and O–H groups in total. The quantitative estimate of drug-likeness (QED) is 0.504. The van der Waals surface area contributed by atoms with Crippen LogP contribution in [0.25, 0.3) is 11.6 Å². The van der Waals surface area contributed by atoms with Crippen LogP contribution in [-0.4, -0.2) is 20.1 Å². The molecule has 0 saturated carbocycles. The molecule has 0 unspecified atom stereocenters. The van der Waals surface area contributed by atoms with Gasteiger partial charge in [-0.05, 0) is 29.3 Å². The summed E-state index contributed by atoms with van der Waals surface area (Å²) in [6.07, 6.45) is 1.88. The van der Waals surface area contributed by atoms with Crippen molar-refractivity contribution in [1.29, 1.82) is 0 Å². The molecule has 0 atom stereocenters. The van der Waals surface area contributed by atoms with Crippen LogP contribution < -0.4 is 14.8 Å². The smallest absolute Gasteiger partial charge is 0.256 e. The molecule has 3 aromatic carbocycles. The van der Waals surface area contributed by atoms with E-state index < -0.39 is 0 Å². The largest absolute Gasteiger partial charge is 0.497 e. The van der Waals surface area contributed by atoms with Gasteiger partial charge in [-0.25, -0.2) is 0 Å². The molecule has 0 radical (unpaired) electrons. The third kappa shape index (κ3) is 4.55. The number of amides is 1. The summed E-state index contributed by atoms with van der Waals surface area (Å²) < 4.78 is 10.6. The van der Waals surface area contributed by atoms with E-state index in [9.17, 15) is 4.79 Å². The van der Waals surface area contributed by atoms with Crippen molar-refractivity contribution in [3.8, 4) is 11.5 Å². The maximum atomic E-state index is 13.1. The van der Waals surface area contributed by atoms with E-state index in [0.29, 0.717) is 22.8 Å². The number of carbonyl (C=O) groups is 1. The summed E-state index contributed by atoms with van der Waals surface area (Å²) >= 11 is 0. The molecule has 4 heteroatoms. The average molecular weight is 359 g/mol. The Hall–Kier alpha value is -3.53. The van der Waals surface area contributed by atoms with Gasteiger partial charge < -0.3 is 14.8 Å². The first-order valence-electron chi connectivity index (χ1n) is 8.57. The van der Waals surface area contributed by atoms with Crippen molar-refractivity contribution in [3.63, 3.8) is 0 Å². The molecular weight excluding hydrogens is 338 g/mol. The zero-order valence-corrected chi connectivity index (χ0v) is 15.3. The number of ether oxygens (including phenoxy) is 2. The van der Waals surface area contributed by atoms with Gasteiger partial charge in [0.1, 0.15) is 11.5 Å². The number of carbonyl (C=O) groups excluding carboxylic acids is 1. The van der Waals surface area contributed by atoms with Crippen LogP contribution in [0.15, 0.2) is 78.9 Å². The van der Waals surface area contributed by atoms with Crippen LogP contribution in [0.2, 0.25) is 0 Å². The van der Waals surface area contributed by atoms with E-state index in [1.165, 1.54) is 0 Å². The van der Waals surface area contributed by atoms with Gasteiger partial charge in [-0.15, -0.1) is 0 Å². The summed E-state index contributed by atoms with van der Waals surface area (Å²) in [7, 11) is 3.14. The maximum Gasteiger partial charge on any atom is 0.256 e. The van der Waals surface area contributed by atoms with Crippen molar-refractivity contribution >= 4 is 23.2 Å². The first-order valence-corrected chi connectivity index (χ1v) is 8.57. The lowest BCUT2D eigenvalue weighted by molar-refractivity contribution is -0.111. The molecule has 0 aromatic heterocycles. The van der Waals surface area contributed by atoms with Gasteiger partial charge in [0.25, 0.3) is 5.91 Å². The van der Waals surface area contributed by atoms with Gasteiger partial charge in [0.05, 0.1) is 19.9 Å². The Morgan fingerprint density at radius 3 is 2.15 bits per heavy atom. The zero-order chi connectivity index (χ0) is 19.1. The Morgan fingerprint density at radius 1 is 0.852 bits per heavy atom. The Balaban J connectivity index is 1.96. The van der Waals surface area contributed by atoms with Crippen LogP contribution in [0, 0.1) is 0 Å². The molecule has 136 valence electrons. The number of methoxy groups -OCH3 is 2. The van der Waals surface area contributed by atoms with Crippen LogP contribution in [0.1, 0.15) is 11.1 Å². The zero-order valence-electron chi connectivity index (χ0n) is 15.3. The molecule has 0 spiro atoms. The highest BCUT2D eigenvalue weighted by molar-refractivity contribution is 6.29. The summed E-state index contributed by atoms with van der Waals surface area (Å²) in [4.78, 5) is 13.1. The number of anilines is 1. The second-order valence-corrected chi connectivity index (χ2v) is 5.86. The van der Waals surface area contributed by atoms with E-state index in [1.54, 1.807) is 32.4 Å². The number of benzene rings is 3. The van der Waals surface area contributed by atoms with Crippen molar-refractivity contribution < 1.29 is 14.3 Å². The van der Waals surface area contributed by atoms with Crippen LogP contribution in [0.5, 0.6) is 11.5 Å². The van der Waals surface area contributed by atoms with E-state index in [0.717, 1.165) is 11.1 Å². The van der Waals surface area contributed by atoms with Crippen LogP contribution in [0.3, 0.4) is 0 Å². The first-order chi connectivity index (χ1) is 13.2. The van der Waals surface area contributed by atoms with Gasteiger partial charge in [0.15, 0.2) is 0 Å². The average Bonchev–Trinajstić information content (AvgIpc) is 2.73. The highest BCUT2D eigenvalue weighted by Gasteiger charge is 2.15. The second kappa shape index (κ2) is 8.72. The molecular formula is C23H21NO3. The Labute approximate surface area is 159 Å². The normalized spacial score (nSPS) is 11.0. The minimum atomic E-state index is -0.214. The number of hydrogen-bond acceptors (Lipinski definition) is 3. The molecule has 3 rings (SSSR count). The molecule has 0 aliphatic rings. The van der Waals surface area contributed by atoms with Gasteiger partial charge >= 0.3 is 0 Å². The van der Waals surface area contributed by atoms with Gasteiger partial charge in [-0.1, -0.05) is 60.7 Å². The monoisotopic (exact) mass is 359 g/mol. The molecule has 0 aliphatic carbocycles. The van der Waals surface area contributed by atoms with Crippen molar-refractivity contribution in [3.05, 3.63) is 90.0 Å². The summed E-state index contributed by atoms with van der Waals surface area (Å²) in [6.45, 7) is 0. The van der Waals surface area contributed by atoms with Crippen LogP contribution >= 0.6 is 0 Å². The predicted octanol–water partition coefficient (Wildman–Crippen LogP) is 4.88. The maximum absolute atomic E-state index is 13.1. The standard InChI is InChI=1S/C23H21NO3/c1-26-19-13-14-21(22(16-19)27-2)24-23(25)20(18-11-7-4-8-12-18)15-17-9-5-3-6-10-17/h3-16H,1-2H3,(H,24,25)/b20-15-. The number of rotatable bonds is 6.